The summed E-state index contributed by atoms with van der Waals surface area (Å²) in [4.78, 5) is 23.1. The van der Waals surface area contributed by atoms with Crippen molar-refractivity contribution in [3.63, 3.8) is 0 Å². The molecular formula is C15H18ClNO4. The van der Waals surface area contributed by atoms with Gasteiger partial charge in [0.05, 0.1) is 11.8 Å². The molecule has 0 saturated heterocycles. The fraction of sp³-hybridized carbons (Fsp3) is 0.467. The zero-order valence-corrected chi connectivity index (χ0v) is 12.7. The summed E-state index contributed by atoms with van der Waals surface area (Å²) in [6, 6.07) is 4.90. The average Bonchev–Trinajstić information content (AvgIpc) is 2.45. The van der Waals surface area contributed by atoms with Gasteiger partial charge in [0.1, 0.15) is 12.4 Å². The molecule has 1 aliphatic heterocycles. The molecule has 0 fully saturated rings. The van der Waals surface area contributed by atoms with Gasteiger partial charge in [0.25, 0.3) is 0 Å². The maximum atomic E-state index is 12.2. The van der Waals surface area contributed by atoms with Gasteiger partial charge in [-0.05, 0) is 44.0 Å². The Kier molecular flexibility index (Phi) is 4.73. The number of ether oxygens (including phenoxy) is 1. The Hall–Kier alpha value is -1.75. The maximum Gasteiger partial charge on any atom is 0.308 e. The summed E-state index contributed by atoms with van der Waals surface area (Å²) in [5.41, 5.74) is 0.896. The van der Waals surface area contributed by atoms with Crippen molar-refractivity contribution >= 4 is 23.5 Å². The lowest BCUT2D eigenvalue weighted by atomic mass is 9.95. The van der Waals surface area contributed by atoms with E-state index < -0.39 is 17.9 Å². The molecule has 1 amide bonds. The van der Waals surface area contributed by atoms with Crippen LogP contribution in [-0.2, 0) is 16.0 Å². The first-order chi connectivity index (χ1) is 9.88. The van der Waals surface area contributed by atoms with Crippen LogP contribution in [0.1, 0.15) is 19.4 Å². The van der Waals surface area contributed by atoms with Crippen LogP contribution >= 0.6 is 11.6 Å². The number of rotatable bonds is 4. The molecule has 0 bridgehead atoms. The van der Waals surface area contributed by atoms with E-state index in [1.54, 1.807) is 32.0 Å². The number of nitrogens with one attached hydrogen (secondary N) is 1. The SMILES string of the molecule is CC(NC(=O)C1COc2ccc(Cl)cc2C1)C(C)C(=O)O. The van der Waals surface area contributed by atoms with Gasteiger partial charge in [0.2, 0.25) is 5.91 Å². The van der Waals surface area contributed by atoms with Crippen LogP contribution in [0.5, 0.6) is 5.75 Å². The zero-order chi connectivity index (χ0) is 15.6. The van der Waals surface area contributed by atoms with Gasteiger partial charge >= 0.3 is 5.97 Å². The Labute approximate surface area is 128 Å². The molecule has 1 heterocycles. The molecule has 21 heavy (non-hydrogen) atoms. The van der Waals surface area contributed by atoms with E-state index in [-0.39, 0.29) is 18.4 Å². The number of amides is 1. The minimum Gasteiger partial charge on any atom is -0.492 e. The Morgan fingerprint density at radius 2 is 2.14 bits per heavy atom. The first-order valence-electron chi connectivity index (χ1n) is 6.83. The summed E-state index contributed by atoms with van der Waals surface area (Å²) in [5, 5.41) is 12.3. The normalized spacial score (nSPS) is 19.9. The summed E-state index contributed by atoms with van der Waals surface area (Å²) in [5.74, 6) is -1.35. The van der Waals surface area contributed by atoms with Gasteiger partial charge in [-0.15, -0.1) is 0 Å². The van der Waals surface area contributed by atoms with Crippen molar-refractivity contribution in [2.24, 2.45) is 11.8 Å². The first kappa shape index (κ1) is 15.6. The summed E-state index contributed by atoms with van der Waals surface area (Å²) >= 11 is 5.94. The number of carboxylic acids is 1. The number of hydrogen-bond acceptors (Lipinski definition) is 3. The highest BCUT2D eigenvalue weighted by Gasteiger charge is 2.29. The van der Waals surface area contributed by atoms with Gasteiger partial charge in [-0.3, -0.25) is 9.59 Å². The van der Waals surface area contributed by atoms with E-state index in [1.165, 1.54) is 0 Å². The Balaban J connectivity index is 2.00. The highest BCUT2D eigenvalue weighted by molar-refractivity contribution is 6.30. The molecule has 5 nitrogen and oxygen atoms in total. The van der Waals surface area contributed by atoms with Gasteiger partial charge in [-0.1, -0.05) is 11.6 Å². The van der Waals surface area contributed by atoms with E-state index in [0.717, 1.165) is 11.3 Å². The van der Waals surface area contributed by atoms with Gasteiger partial charge in [0, 0.05) is 11.1 Å². The molecule has 1 aromatic rings. The number of carboxylic acid groups (broad SMARTS) is 1. The van der Waals surface area contributed by atoms with Gasteiger partial charge in [-0.25, -0.2) is 0 Å². The second kappa shape index (κ2) is 6.35. The quantitative estimate of drug-likeness (QED) is 0.893. The fourth-order valence-corrected chi connectivity index (χ4v) is 2.41. The number of carbonyl (C=O) groups is 2. The Morgan fingerprint density at radius 1 is 1.43 bits per heavy atom. The lowest BCUT2D eigenvalue weighted by molar-refractivity contribution is -0.142. The molecule has 1 aliphatic rings. The highest BCUT2D eigenvalue weighted by atomic mass is 35.5. The molecule has 0 radical (unpaired) electrons. The van der Waals surface area contributed by atoms with Gasteiger partial charge in [0.15, 0.2) is 0 Å². The standard InChI is InChI=1S/C15H18ClNO4/c1-8(15(19)20)9(2)17-14(18)11-5-10-6-12(16)3-4-13(10)21-7-11/h3-4,6,8-9,11H,5,7H2,1-2H3,(H,17,18)(H,19,20). The molecule has 2 rings (SSSR count). The zero-order valence-electron chi connectivity index (χ0n) is 11.9. The Bertz CT molecular complexity index is 561. The van der Waals surface area contributed by atoms with Crippen molar-refractivity contribution in [1.82, 2.24) is 5.32 Å². The molecule has 0 aromatic heterocycles. The van der Waals surface area contributed by atoms with Crippen LogP contribution in [0, 0.1) is 11.8 Å². The number of benzene rings is 1. The molecule has 1 aromatic carbocycles. The van der Waals surface area contributed by atoms with Gasteiger partial charge in [-0.2, -0.15) is 0 Å². The number of halogens is 1. The molecule has 114 valence electrons. The molecular weight excluding hydrogens is 294 g/mol. The molecule has 6 heteroatoms. The van der Waals surface area contributed by atoms with Crippen LogP contribution in [0.3, 0.4) is 0 Å². The second-order valence-electron chi connectivity index (χ2n) is 5.39. The first-order valence-corrected chi connectivity index (χ1v) is 7.20. The largest absolute Gasteiger partial charge is 0.492 e. The predicted octanol–water partition coefficient (Wildman–Crippen LogP) is 2.12. The fourth-order valence-electron chi connectivity index (χ4n) is 2.21. The van der Waals surface area contributed by atoms with Crippen molar-refractivity contribution in [3.8, 4) is 5.75 Å². The van der Waals surface area contributed by atoms with Crippen LogP contribution in [0.25, 0.3) is 0 Å². The van der Waals surface area contributed by atoms with Crippen molar-refractivity contribution in [3.05, 3.63) is 28.8 Å². The third kappa shape index (κ3) is 3.67. The van der Waals surface area contributed by atoms with E-state index in [0.29, 0.717) is 11.4 Å². The highest BCUT2D eigenvalue weighted by Crippen LogP contribution is 2.29. The molecule has 0 saturated carbocycles. The van der Waals surface area contributed by atoms with Crippen molar-refractivity contribution < 1.29 is 19.4 Å². The van der Waals surface area contributed by atoms with Crippen LogP contribution in [-0.4, -0.2) is 29.6 Å². The molecule has 3 atom stereocenters. The minimum absolute atomic E-state index is 0.193. The van der Waals surface area contributed by atoms with Crippen molar-refractivity contribution in [2.45, 2.75) is 26.3 Å². The summed E-state index contributed by atoms with van der Waals surface area (Å²) in [6.07, 6.45) is 0.538. The van der Waals surface area contributed by atoms with E-state index in [9.17, 15) is 9.59 Å². The van der Waals surface area contributed by atoms with E-state index in [2.05, 4.69) is 5.32 Å². The summed E-state index contributed by atoms with van der Waals surface area (Å²) in [7, 11) is 0. The molecule has 3 unspecified atom stereocenters. The van der Waals surface area contributed by atoms with Crippen LogP contribution < -0.4 is 10.1 Å². The van der Waals surface area contributed by atoms with Gasteiger partial charge < -0.3 is 15.2 Å². The van der Waals surface area contributed by atoms with Crippen molar-refractivity contribution in [2.75, 3.05) is 6.61 Å². The Morgan fingerprint density at radius 3 is 2.81 bits per heavy atom. The number of hydrogen-bond donors (Lipinski definition) is 2. The average molecular weight is 312 g/mol. The molecule has 2 N–H and O–H groups in total. The second-order valence-corrected chi connectivity index (χ2v) is 5.82. The van der Waals surface area contributed by atoms with Crippen molar-refractivity contribution in [1.29, 1.82) is 0 Å². The third-order valence-electron chi connectivity index (χ3n) is 3.81. The van der Waals surface area contributed by atoms with E-state index >= 15 is 0 Å². The topological polar surface area (TPSA) is 75.6 Å². The lowest BCUT2D eigenvalue weighted by Gasteiger charge is -2.27. The monoisotopic (exact) mass is 311 g/mol. The van der Waals surface area contributed by atoms with Crippen LogP contribution in [0.15, 0.2) is 18.2 Å². The van der Waals surface area contributed by atoms with Crippen LogP contribution in [0.2, 0.25) is 5.02 Å². The number of carbonyl (C=O) groups excluding carboxylic acids is 1. The summed E-state index contributed by atoms with van der Waals surface area (Å²) in [6.45, 7) is 3.54. The van der Waals surface area contributed by atoms with E-state index in [1.807, 2.05) is 0 Å². The van der Waals surface area contributed by atoms with E-state index in [4.69, 9.17) is 21.4 Å². The predicted molar refractivity (Wildman–Crippen MR) is 78.5 cm³/mol. The summed E-state index contributed by atoms with van der Waals surface area (Å²) < 4.78 is 5.57. The lowest BCUT2D eigenvalue weighted by Crippen LogP contribution is -2.45. The van der Waals surface area contributed by atoms with Crippen LogP contribution in [0.4, 0.5) is 0 Å². The third-order valence-corrected chi connectivity index (χ3v) is 4.04. The smallest absolute Gasteiger partial charge is 0.308 e. The number of fused-ring (bicyclic) bond motifs is 1. The molecule has 0 aliphatic carbocycles. The number of aliphatic carboxylic acids is 1. The minimum atomic E-state index is -0.931. The molecule has 0 spiro atoms. The maximum absolute atomic E-state index is 12.2.